The average molecular weight is 302 g/mol. The Labute approximate surface area is 149 Å². The minimum atomic E-state index is -0.803. The van der Waals surface area contributed by atoms with Crippen LogP contribution in [0.15, 0.2) is 30.3 Å². The van der Waals surface area contributed by atoms with Gasteiger partial charge in [0.05, 0.1) is 13.2 Å². The van der Waals surface area contributed by atoms with Gasteiger partial charge in [-0.1, -0.05) is 30.3 Å². The molecule has 5 nitrogen and oxygen atoms in total. The summed E-state index contributed by atoms with van der Waals surface area (Å²) in [5.74, 6) is -0.803. The third-order valence-corrected chi connectivity index (χ3v) is 3.65. The molecule has 0 amide bonds. The van der Waals surface area contributed by atoms with Crippen molar-refractivity contribution in [2.24, 2.45) is 0 Å². The molecule has 0 aromatic heterocycles. The van der Waals surface area contributed by atoms with Crippen molar-refractivity contribution < 1.29 is 45.6 Å². The topological polar surface area (TPSA) is 53.0 Å². The van der Waals surface area contributed by atoms with E-state index < -0.39 is 12.0 Å². The van der Waals surface area contributed by atoms with Gasteiger partial charge in [0.2, 0.25) is 0 Å². The summed E-state index contributed by atoms with van der Waals surface area (Å²) in [6.07, 6.45) is 0. The zero-order valence-corrected chi connectivity index (χ0v) is 14.9. The third-order valence-electron chi connectivity index (χ3n) is 3.65. The van der Waals surface area contributed by atoms with Crippen LogP contribution >= 0.6 is 0 Å². The number of aliphatic carboxylic acids is 1. The second-order valence-corrected chi connectivity index (χ2v) is 5.19. The van der Waals surface area contributed by atoms with Crippen LogP contribution < -0.4 is 29.6 Å². The van der Waals surface area contributed by atoms with E-state index in [9.17, 15) is 9.90 Å². The molecule has 1 aromatic carbocycles. The molecule has 0 saturated carbocycles. The van der Waals surface area contributed by atoms with Crippen LogP contribution in [-0.4, -0.2) is 66.8 Å². The van der Waals surface area contributed by atoms with Crippen molar-refractivity contribution in [2.45, 2.75) is 12.6 Å². The molecule has 1 aliphatic rings. The number of likely N-dealkylation sites (N-methyl/N-ethyl adjacent to an activating group) is 1. The van der Waals surface area contributed by atoms with E-state index >= 15 is 0 Å². The summed E-state index contributed by atoms with van der Waals surface area (Å²) >= 11 is 0. The number of carbonyl (C=O) groups is 1. The maximum absolute atomic E-state index is 11.4. The standard InChI is InChI=1S/C15H22N2O3.Na.H/c1-16-7-9-17(10-8-16)14(15(18)19)12-20-11-13-5-3-2-4-6-13;;/h2-6,14H,7-12H2,1H3,(H,18,19);;/q;+1;-1. The van der Waals surface area contributed by atoms with Gasteiger partial charge in [0, 0.05) is 26.2 Å². The summed E-state index contributed by atoms with van der Waals surface area (Å²) in [7, 11) is 2.05. The molecule has 1 aromatic rings. The molecular weight excluding hydrogens is 279 g/mol. The van der Waals surface area contributed by atoms with Crippen LogP contribution in [0, 0.1) is 0 Å². The Kier molecular flexibility index (Phi) is 8.48. The van der Waals surface area contributed by atoms with Crippen LogP contribution in [0.3, 0.4) is 0 Å². The normalized spacial score (nSPS) is 18.0. The Morgan fingerprint density at radius 3 is 2.48 bits per heavy atom. The molecule has 0 spiro atoms. The van der Waals surface area contributed by atoms with Crippen molar-refractivity contribution in [1.29, 1.82) is 0 Å². The number of benzene rings is 1. The molecule has 1 saturated heterocycles. The van der Waals surface area contributed by atoms with Crippen molar-refractivity contribution >= 4 is 5.97 Å². The second-order valence-electron chi connectivity index (χ2n) is 5.19. The van der Waals surface area contributed by atoms with E-state index in [2.05, 4.69) is 11.9 Å². The van der Waals surface area contributed by atoms with E-state index in [1.54, 1.807) is 0 Å². The van der Waals surface area contributed by atoms with Gasteiger partial charge in [-0.15, -0.1) is 0 Å². The SMILES string of the molecule is CN1CCN(C(COCc2ccccc2)C(=O)O)CC1.[H-].[Na+]. The molecule has 1 N–H and O–H groups in total. The summed E-state index contributed by atoms with van der Waals surface area (Å²) < 4.78 is 5.59. The van der Waals surface area contributed by atoms with Crippen LogP contribution in [0.1, 0.15) is 6.99 Å². The Hall–Kier alpha value is -0.430. The number of carboxylic acids is 1. The largest absolute Gasteiger partial charge is 1.00 e. The van der Waals surface area contributed by atoms with E-state index in [-0.39, 0.29) is 37.6 Å². The van der Waals surface area contributed by atoms with Gasteiger partial charge in [-0.3, -0.25) is 9.69 Å². The molecule has 1 fully saturated rings. The Bertz CT molecular complexity index is 428. The number of hydrogen-bond acceptors (Lipinski definition) is 4. The molecule has 2 rings (SSSR count). The molecule has 1 heterocycles. The van der Waals surface area contributed by atoms with Gasteiger partial charge >= 0.3 is 35.5 Å². The van der Waals surface area contributed by atoms with Crippen LogP contribution in [0.25, 0.3) is 0 Å². The van der Waals surface area contributed by atoms with Gasteiger partial charge in [-0.05, 0) is 12.6 Å². The Morgan fingerprint density at radius 1 is 1.29 bits per heavy atom. The van der Waals surface area contributed by atoms with Crippen LogP contribution in [-0.2, 0) is 16.1 Å². The number of ether oxygens (including phenoxy) is 1. The summed E-state index contributed by atoms with van der Waals surface area (Å²) in [4.78, 5) is 15.6. The van der Waals surface area contributed by atoms with E-state index in [4.69, 9.17) is 4.74 Å². The number of nitrogens with zero attached hydrogens (tertiary/aromatic N) is 2. The van der Waals surface area contributed by atoms with Gasteiger partial charge in [-0.25, -0.2) is 0 Å². The number of rotatable bonds is 6. The monoisotopic (exact) mass is 302 g/mol. The first-order valence-electron chi connectivity index (χ1n) is 6.94. The average Bonchev–Trinajstić information content (AvgIpc) is 2.46. The van der Waals surface area contributed by atoms with Crippen molar-refractivity contribution in [2.75, 3.05) is 39.8 Å². The maximum Gasteiger partial charge on any atom is 1.00 e. The molecule has 1 aliphatic heterocycles. The fraction of sp³-hybridized carbons (Fsp3) is 0.533. The molecule has 1 unspecified atom stereocenters. The quantitative estimate of drug-likeness (QED) is 0.617. The third kappa shape index (κ3) is 6.06. The minimum absolute atomic E-state index is 0. The molecule has 21 heavy (non-hydrogen) atoms. The van der Waals surface area contributed by atoms with E-state index in [1.807, 2.05) is 35.2 Å². The fourth-order valence-corrected chi connectivity index (χ4v) is 2.33. The van der Waals surface area contributed by atoms with Gasteiger partial charge < -0.3 is 16.2 Å². The van der Waals surface area contributed by atoms with Gasteiger partial charge in [0.1, 0.15) is 6.04 Å². The van der Waals surface area contributed by atoms with E-state index in [0.717, 1.165) is 31.7 Å². The van der Waals surface area contributed by atoms with Crippen LogP contribution in [0.4, 0.5) is 0 Å². The first-order valence-corrected chi connectivity index (χ1v) is 6.94. The molecule has 6 heteroatoms. The van der Waals surface area contributed by atoms with Crippen molar-refractivity contribution in [1.82, 2.24) is 9.80 Å². The maximum atomic E-state index is 11.4. The molecule has 0 aliphatic carbocycles. The predicted molar refractivity (Wildman–Crippen MR) is 77.7 cm³/mol. The molecule has 0 bridgehead atoms. The molecule has 0 radical (unpaired) electrons. The number of piperazine rings is 1. The van der Waals surface area contributed by atoms with Gasteiger partial charge in [-0.2, -0.15) is 0 Å². The first kappa shape index (κ1) is 18.6. The molecule has 112 valence electrons. The Morgan fingerprint density at radius 2 is 1.90 bits per heavy atom. The molecular formula is C15H23N2NaO3. The number of hydrogen-bond donors (Lipinski definition) is 1. The smallest absolute Gasteiger partial charge is 1.00 e. The Balaban J connectivity index is 0.00000220. The molecule has 1 atom stereocenters. The minimum Gasteiger partial charge on any atom is -1.00 e. The summed E-state index contributed by atoms with van der Waals surface area (Å²) in [5, 5.41) is 9.35. The van der Waals surface area contributed by atoms with Crippen LogP contribution in [0.5, 0.6) is 0 Å². The summed E-state index contributed by atoms with van der Waals surface area (Å²) in [6.45, 7) is 4.06. The van der Waals surface area contributed by atoms with Gasteiger partial charge in [0.15, 0.2) is 0 Å². The van der Waals surface area contributed by atoms with Crippen LogP contribution in [0.2, 0.25) is 0 Å². The summed E-state index contributed by atoms with van der Waals surface area (Å²) in [6, 6.07) is 9.26. The second kappa shape index (κ2) is 9.56. The first-order chi connectivity index (χ1) is 9.66. The fourth-order valence-electron chi connectivity index (χ4n) is 2.33. The zero-order valence-electron chi connectivity index (χ0n) is 13.9. The summed E-state index contributed by atoms with van der Waals surface area (Å²) in [5.41, 5.74) is 1.06. The zero-order chi connectivity index (χ0) is 14.4. The van der Waals surface area contributed by atoms with E-state index in [0.29, 0.717) is 6.61 Å². The number of carboxylic acid groups (broad SMARTS) is 1. The van der Waals surface area contributed by atoms with Crippen molar-refractivity contribution in [3.8, 4) is 0 Å². The van der Waals surface area contributed by atoms with E-state index in [1.165, 1.54) is 0 Å². The van der Waals surface area contributed by atoms with Crippen molar-refractivity contribution in [3.05, 3.63) is 35.9 Å². The van der Waals surface area contributed by atoms with Crippen molar-refractivity contribution in [3.63, 3.8) is 0 Å². The predicted octanol–water partition coefficient (Wildman–Crippen LogP) is -1.98. The van der Waals surface area contributed by atoms with Gasteiger partial charge in [0.25, 0.3) is 0 Å².